The molecule has 0 unspecified atom stereocenters. The maximum absolute atomic E-state index is 12.9. The van der Waals surface area contributed by atoms with Crippen LogP contribution in [0.1, 0.15) is 43.6 Å². The van der Waals surface area contributed by atoms with Gasteiger partial charge < -0.3 is 10.2 Å². The SMILES string of the molecule is CCNC(=O)CN(CC)C(=O)CCn1cnc2sc3c(c2c1=O)CCCC3. The number of likely N-dealkylation sites (N-methyl/N-ethyl adjacent to an activating group) is 2. The van der Waals surface area contributed by atoms with Gasteiger partial charge in [0.2, 0.25) is 11.8 Å². The Bertz CT molecular complexity index is 902. The molecule has 0 aromatic carbocycles. The van der Waals surface area contributed by atoms with Crippen molar-refractivity contribution in [1.82, 2.24) is 19.8 Å². The van der Waals surface area contributed by atoms with Crippen molar-refractivity contribution in [1.29, 1.82) is 0 Å². The molecule has 0 spiro atoms. The number of fused-ring (bicyclic) bond motifs is 3. The highest BCUT2D eigenvalue weighted by Crippen LogP contribution is 2.33. The van der Waals surface area contributed by atoms with Crippen molar-refractivity contribution in [2.24, 2.45) is 0 Å². The first-order valence-electron chi connectivity index (χ1n) is 9.59. The highest BCUT2D eigenvalue weighted by molar-refractivity contribution is 7.18. The Balaban J connectivity index is 1.73. The van der Waals surface area contributed by atoms with E-state index in [2.05, 4.69) is 10.3 Å². The quantitative estimate of drug-likeness (QED) is 0.780. The summed E-state index contributed by atoms with van der Waals surface area (Å²) in [7, 11) is 0. The van der Waals surface area contributed by atoms with Gasteiger partial charge in [-0.25, -0.2) is 4.98 Å². The van der Waals surface area contributed by atoms with E-state index >= 15 is 0 Å². The fourth-order valence-electron chi connectivity index (χ4n) is 3.52. The molecule has 2 heterocycles. The number of carbonyl (C=O) groups excluding carboxylic acids is 2. The van der Waals surface area contributed by atoms with Crippen LogP contribution in [-0.2, 0) is 29.0 Å². The van der Waals surface area contributed by atoms with Gasteiger partial charge in [0, 0.05) is 30.9 Å². The van der Waals surface area contributed by atoms with Gasteiger partial charge in [-0.05, 0) is 45.1 Å². The van der Waals surface area contributed by atoms with Gasteiger partial charge in [-0.15, -0.1) is 11.3 Å². The minimum atomic E-state index is -0.169. The van der Waals surface area contributed by atoms with Crippen LogP contribution in [0.25, 0.3) is 10.2 Å². The largest absolute Gasteiger partial charge is 0.355 e. The van der Waals surface area contributed by atoms with Gasteiger partial charge in [-0.3, -0.25) is 19.0 Å². The Morgan fingerprint density at radius 2 is 2.07 bits per heavy atom. The Morgan fingerprint density at radius 1 is 1.30 bits per heavy atom. The molecule has 0 fully saturated rings. The maximum atomic E-state index is 12.9. The molecule has 0 bridgehead atoms. The first-order chi connectivity index (χ1) is 13.0. The van der Waals surface area contributed by atoms with Gasteiger partial charge in [0.05, 0.1) is 18.3 Å². The Labute approximate surface area is 162 Å². The van der Waals surface area contributed by atoms with Crippen molar-refractivity contribution >= 4 is 33.4 Å². The second-order valence-electron chi connectivity index (χ2n) is 6.75. The summed E-state index contributed by atoms with van der Waals surface area (Å²) in [5.74, 6) is -0.305. The van der Waals surface area contributed by atoms with Crippen LogP contribution in [0.15, 0.2) is 11.1 Å². The molecule has 3 rings (SSSR count). The zero-order chi connectivity index (χ0) is 19.4. The molecule has 2 aromatic rings. The minimum Gasteiger partial charge on any atom is -0.355 e. The van der Waals surface area contributed by atoms with Gasteiger partial charge in [0.15, 0.2) is 0 Å². The number of hydrogen-bond acceptors (Lipinski definition) is 5. The summed E-state index contributed by atoms with van der Waals surface area (Å²) in [6.07, 6.45) is 5.95. The van der Waals surface area contributed by atoms with Crippen molar-refractivity contribution in [3.05, 3.63) is 27.1 Å². The number of nitrogens with zero attached hydrogens (tertiary/aromatic N) is 3. The van der Waals surface area contributed by atoms with Crippen molar-refractivity contribution in [3.8, 4) is 0 Å². The van der Waals surface area contributed by atoms with Crippen molar-refractivity contribution in [2.75, 3.05) is 19.6 Å². The van der Waals surface area contributed by atoms with Crippen LogP contribution in [0.4, 0.5) is 0 Å². The van der Waals surface area contributed by atoms with Crippen LogP contribution in [0, 0.1) is 0 Å². The summed E-state index contributed by atoms with van der Waals surface area (Å²) < 4.78 is 1.53. The van der Waals surface area contributed by atoms with Gasteiger partial charge in [-0.1, -0.05) is 0 Å². The second kappa shape index (κ2) is 8.65. The van der Waals surface area contributed by atoms with Crippen molar-refractivity contribution < 1.29 is 9.59 Å². The van der Waals surface area contributed by atoms with Gasteiger partial charge in [0.1, 0.15) is 4.83 Å². The van der Waals surface area contributed by atoms with E-state index in [9.17, 15) is 14.4 Å². The molecule has 0 atom stereocenters. The van der Waals surface area contributed by atoms with Gasteiger partial charge >= 0.3 is 0 Å². The second-order valence-corrected chi connectivity index (χ2v) is 7.83. The van der Waals surface area contributed by atoms with Crippen molar-refractivity contribution in [2.45, 2.75) is 52.5 Å². The number of nitrogens with one attached hydrogen (secondary N) is 1. The number of aryl methyl sites for hydroxylation is 3. The molecule has 0 saturated heterocycles. The Morgan fingerprint density at radius 3 is 2.81 bits per heavy atom. The van der Waals surface area contributed by atoms with E-state index in [4.69, 9.17) is 0 Å². The maximum Gasteiger partial charge on any atom is 0.262 e. The zero-order valence-electron chi connectivity index (χ0n) is 15.9. The first-order valence-corrected chi connectivity index (χ1v) is 10.4. The third-order valence-electron chi connectivity index (χ3n) is 4.95. The Kier molecular flexibility index (Phi) is 6.26. The predicted octanol–water partition coefficient (Wildman–Crippen LogP) is 1.71. The van der Waals surface area contributed by atoms with Crippen LogP contribution < -0.4 is 10.9 Å². The highest BCUT2D eigenvalue weighted by Gasteiger charge is 2.20. The summed E-state index contributed by atoms with van der Waals surface area (Å²) >= 11 is 1.62. The molecule has 0 aliphatic heterocycles. The van der Waals surface area contributed by atoms with E-state index in [1.54, 1.807) is 17.7 Å². The number of hydrogen-bond donors (Lipinski definition) is 1. The third kappa shape index (κ3) is 4.21. The van der Waals surface area contributed by atoms with Crippen molar-refractivity contribution in [3.63, 3.8) is 0 Å². The topological polar surface area (TPSA) is 84.3 Å². The number of rotatable bonds is 7. The molecule has 0 radical (unpaired) electrons. The molecular weight excluding hydrogens is 364 g/mol. The monoisotopic (exact) mass is 390 g/mol. The predicted molar refractivity (Wildman–Crippen MR) is 106 cm³/mol. The fourth-order valence-corrected chi connectivity index (χ4v) is 4.74. The average molecular weight is 391 g/mol. The molecular formula is C19H26N4O3S. The fraction of sp³-hybridized carbons (Fsp3) is 0.579. The molecule has 1 N–H and O–H groups in total. The van der Waals surface area contributed by atoms with E-state index in [1.807, 2.05) is 13.8 Å². The van der Waals surface area contributed by atoms with Crippen LogP contribution in [0.3, 0.4) is 0 Å². The van der Waals surface area contributed by atoms with Crippen LogP contribution in [0.5, 0.6) is 0 Å². The standard InChI is InChI=1S/C19H26N4O3S/c1-3-20-15(24)11-22(4-2)16(25)9-10-23-12-21-18-17(19(23)26)13-7-5-6-8-14(13)27-18/h12H,3-11H2,1-2H3,(H,20,24). The van der Waals surface area contributed by atoms with E-state index in [0.29, 0.717) is 13.1 Å². The third-order valence-corrected chi connectivity index (χ3v) is 6.15. The summed E-state index contributed by atoms with van der Waals surface area (Å²) in [6.45, 7) is 5.00. The number of aromatic nitrogens is 2. The van der Waals surface area contributed by atoms with Gasteiger partial charge in [-0.2, -0.15) is 0 Å². The molecule has 27 heavy (non-hydrogen) atoms. The number of amides is 2. The first kappa shape index (κ1) is 19.5. The average Bonchev–Trinajstić information content (AvgIpc) is 3.05. The lowest BCUT2D eigenvalue weighted by Gasteiger charge is -2.20. The smallest absolute Gasteiger partial charge is 0.262 e. The molecule has 7 nitrogen and oxygen atoms in total. The lowest BCUT2D eigenvalue weighted by molar-refractivity contribution is -0.136. The number of carbonyl (C=O) groups is 2. The van der Waals surface area contributed by atoms with Gasteiger partial charge in [0.25, 0.3) is 5.56 Å². The van der Waals surface area contributed by atoms with E-state index in [1.165, 1.54) is 20.8 Å². The summed E-state index contributed by atoms with van der Waals surface area (Å²) in [4.78, 5) is 45.2. The minimum absolute atomic E-state index is 0.0490. The van der Waals surface area contributed by atoms with Crippen LogP contribution in [0.2, 0.25) is 0 Å². The Hall–Kier alpha value is -2.22. The summed E-state index contributed by atoms with van der Waals surface area (Å²) in [5.41, 5.74) is 1.10. The molecule has 146 valence electrons. The van der Waals surface area contributed by atoms with E-state index in [-0.39, 0.29) is 36.9 Å². The van der Waals surface area contributed by atoms with Crippen LogP contribution >= 0.6 is 11.3 Å². The lowest BCUT2D eigenvalue weighted by atomic mass is 9.97. The summed E-state index contributed by atoms with van der Waals surface area (Å²) in [6, 6.07) is 0. The molecule has 8 heteroatoms. The molecule has 1 aliphatic carbocycles. The van der Waals surface area contributed by atoms with Crippen LogP contribution in [-0.4, -0.2) is 45.9 Å². The zero-order valence-corrected chi connectivity index (χ0v) is 16.7. The highest BCUT2D eigenvalue weighted by atomic mass is 32.1. The molecule has 0 saturated carbocycles. The summed E-state index contributed by atoms with van der Waals surface area (Å²) in [5, 5.41) is 3.43. The lowest BCUT2D eigenvalue weighted by Crippen LogP contribution is -2.41. The molecule has 2 amide bonds. The molecule has 1 aliphatic rings. The molecule has 2 aromatic heterocycles. The van der Waals surface area contributed by atoms with E-state index in [0.717, 1.165) is 35.0 Å². The number of thiophene rings is 1. The normalized spacial score (nSPS) is 13.4. The van der Waals surface area contributed by atoms with E-state index < -0.39 is 0 Å².